The highest BCUT2D eigenvalue weighted by atomic mass is 28.4. The molecule has 1 aliphatic carbocycles. The Labute approximate surface area is 186 Å². The Bertz CT molecular complexity index is 578. The van der Waals surface area contributed by atoms with Crippen molar-refractivity contribution in [3.63, 3.8) is 0 Å². The Morgan fingerprint density at radius 1 is 1.00 bits per heavy atom. The van der Waals surface area contributed by atoms with E-state index in [1.165, 1.54) is 7.11 Å². The molecule has 0 saturated heterocycles. The summed E-state index contributed by atoms with van der Waals surface area (Å²) in [7, 11) is -2.95. The molecule has 1 rings (SSSR count). The number of carbonyl (C=O) groups excluding carboxylic acids is 1. The monoisotopic (exact) mass is 458 g/mol. The summed E-state index contributed by atoms with van der Waals surface area (Å²) >= 11 is 0. The average Bonchev–Trinajstić information content (AvgIpc) is 2.54. The lowest BCUT2D eigenvalue weighted by Gasteiger charge is -2.51. The number of aliphatic hydroxyl groups is 1. The van der Waals surface area contributed by atoms with Gasteiger partial charge in [-0.25, -0.2) is 4.79 Å². The smallest absolute Gasteiger partial charge is 0.338 e. The number of methoxy groups -OCH3 is 1. The van der Waals surface area contributed by atoms with Crippen molar-refractivity contribution in [1.82, 2.24) is 0 Å². The molecule has 176 valence electrons. The van der Waals surface area contributed by atoms with E-state index in [2.05, 4.69) is 74.3 Å². The summed E-state index contributed by atoms with van der Waals surface area (Å²) in [5.74, 6) is -0.567. The lowest BCUT2D eigenvalue weighted by Crippen LogP contribution is -2.60. The minimum Gasteiger partial charge on any atom is -0.467 e. The van der Waals surface area contributed by atoms with Gasteiger partial charge in [0.15, 0.2) is 22.2 Å². The van der Waals surface area contributed by atoms with Crippen molar-refractivity contribution in [3.8, 4) is 0 Å². The van der Waals surface area contributed by atoms with Crippen LogP contribution in [0, 0.1) is 5.92 Å². The Morgan fingerprint density at radius 2 is 1.37 bits per heavy atom. The predicted octanol–water partition coefficient (Wildman–Crippen LogP) is 5.66. The highest BCUT2D eigenvalue weighted by Crippen LogP contribution is 2.46. The molecule has 7 heteroatoms. The Kier molecular flexibility index (Phi) is 8.43. The fourth-order valence-electron chi connectivity index (χ4n) is 3.51. The summed E-state index contributed by atoms with van der Waals surface area (Å²) in [4.78, 5) is 12.6. The number of hydrogen-bond donors (Lipinski definition) is 1. The van der Waals surface area contributed by atoms with Crippen molar-refractivity contribution >= 4 is 22.6 Å². The van der Waals surface area contributed by atoms with E-state index >= 15 is 0 Å². The molecule has 0 aromatic carbocycles. The highest BCUT2D eigenvalue weighted by molar-refractivity contribution is 6.74. The van der Waals surface area contributed by atoms with Gasteiger partial charge in [0.05, 0.1) is 19.3 Å². The first-order chi connectivity index (χ1) is 13.3. The van der Waals surface area contributed by atoms with Gasteiger partial charge < -0.3 is 18.7 Å². The molecule has 1 saturated carbocycles. The molecular weight excluding hydrogens is 412 g/mol. The van der Waals surface area contributed by atoms with Crippen molar-refractivity contribution in [2.75, 3.05) is 7.11 Å². The topological polar surface area (TPSA) is 65.0 Å². The molecule has 0 aromatic heterocycles. The van der Waals surface area contributed by atoms with Gasteiger partial charge in [-0.15, -0.1) is 6.58 Å². The van der Waals surface area contributed by atoms with Gasteiger partial charge in [0, 0.05) is 18.8 Å². The van der Waals surface area contributed by atoms with E-state index in [1.54, 1.807) is 0 Å². The number of carbonyl (C=O) groups is 1. The van der Waals surface area contributed by atoms with Gasteiger partial charge in [0.25, 0.3) is 0 Å². The van der Waals surface area contributed by atoms with Crippen LogP contribution >= 0.6 is 0 Å². The first-order valence-corrected chi connectivity index (χ1v) is 16.9. The summed E-state index contributed by atoms with van der Waals surface area (Å²) < 4.78 is 18.6. The molecule has 0 radical (unpaired) electrons. The zero-order valence-electron chi connectivity index (χ0n) is 21.2. The molecular formula is C23H46O5Si2. The Morgan fingerprint density at radius 3 is 1.63 bits per heavy atom. The minimum atomic E-state index is -2.14. The summed E-state index contributed by atoms with van der Waals surface area (Å²) in [6.45, 7) is 25.9. The van der Waals surface area contributed by atoms with E-state index < -0.39 is 28.2 Å². The van der Waals surface area contributed by atoms with Crippen LogP contribution in [0.15, 0.2) is 12.7 Å². The van der Waals surface area contributed by atoms with Gasteiger partial charge in [0.2, 0.25) is 0 Å². The van der Waals surface area contributed by atoms with Gasteiger partial charge in [-0.3, -0.25) is 0 Å². The SMILES string of the molecule is C=CCC1[C@H](O[Si](C)(C)C(C)(C)C)CC(O)(C(=O)OC)C[C@H]1O[Si](C)(C)C(C)(C)C. The molecule has 0 unspecified atom stereocenters. The second-order valence-electron chi connectivity index (χ2n) is 12.0. The fraction of sp³-hybridized carbons (Fsp3) is 0.870. The van der Waals surface area contributed by atoms with Crippen LogP contribution in [0.3, 0.4) is 0 Å². The van der Waals surface area contributed by atoms with Crippen molar-refractivity contribution < 1.29 is 23.5 Å². The van der Waals surface area contributed by atoms with Crippen LogP contribution in [-0.2, 0) is 18.4 Å². The van der Waals surface area contributed by atoms with E-state index in [0.717, 1.165) is 6.42 Å². The van der Waals surface area contributed by atoms with E-state index in [4.69, 9.17) is 13.6 Å². The molecule has 5 nitrogen and oxygen atoms in total. The molecule has 0 heterocycles. The van der Waals surface area contributed by atoms with Gasteiger partial charge in [-0.05, 0) is 42.7 Å². The summed E-state index contributed by atoms with van der Waals surface area (Å²) in [6.07, 6.45) is 2.48. The molecule has 1 N–H and O–H groups in total. The second kappa shape index (κ2) is 9.18. The third-order valence-electron chi connectivity index (χ3n) is 7.54. The van der Waals surface area contributed by atoms with Crippen molar-refractivity contribution in [1.29, 1.82) is 0 Å². The van der Waals surface area contributed by atoms with Gasteiger partial charge >= 0.3 is 5.97 Å². The number of allylic oxidation sites excluding steroid dienone is 1. The number of rotatable bonds is 7. The highest BCUT2D eigenvalue weighted by Gasteiger charge is 2.54. The predicted molar refractivity (Wildman–Crippen MR) is 129 cm³/mol. The second-order valence-corrected chi connectivity index (χ2v) is 21.5. The lowest BCUT2D eigenvalue weighted by molar-refractivity contribution is -0.179. The maximum Gasteiger partial charge on any atom is 0.338 e. The number of esters is 1. The molecule has 0 amide bonds. The van der Waals surface area contributed by atoms with Crippen molar-refractivity contribution in [2.24, 2.45) is 5.92 Å². The van der Waals surface area contributed by atoms with Crippen LogP contribution in [0.5, 0.6) is 0 Å². The maximum absolute atomic E-state index is 12.6. The normalized spacial score (nSPS) is 28.9. The summed E-state index contributed by atoms with van der Waals surface area (Å²) in [5, 5.41) is 11.4. The molecule has 0 aliphatic heterocycles. The minimum absolute atomic E-state index is 0.0162. The quantitative estimate of drug-likeness (QED) is 0.303. The molecule has 30 heavy (non-hydrogen) atoms. The lowest BCUT2D eigenvalue weighted by atomic mass is 9.73. The van der Waals surface area contributed by atoms with Crippen LogP contribution in [0.2, 0.25) is 36.3 Å². The summed E-state index contributed by atoms with van der Waals surface area (Å²) in [5.41, 5.74) is -1.60. The number of hydrogen-bond acceptors (Lipinski definition) is 5. The third-order valence-corrected chi connectivity index (χ3v) is 16.6. The Hall–Kier alpha value is -0.476. The Balaban J connectivity index is 3.42. The zero-order valence-corrected chi connectivity index (χ0v) is 23.2. The fourth-order valence-corrected chi connectivity index (χ4v) is 6.25. The van der Waals surface area contributed by atoms with E-state index in [1.807, 2.05) is 6.08 Å². The first kappa shape index (κ1) is 27.6. The van der Waals surface area contributed by atoms with Crippen molar-refractivity contribution in [3.05, 3.63) is 12.7 Å². The maximum atomic E-state index is 12.6. The largest absolute Gasteiger partial charge is 0.467 e. The molecule has 0 aromatic rings. The standard InChI is InChI=1S/C23H46O5Si2/c1-13-14-17-18(27-29(9,10)21(2,3)4)15-23(25,20(24)26-8)16-19(17)28-30(11,12)22(5,6)7/h13,17-19,25H,1,14-16H2,2-12H3/t17?,18-,19-,23?/m1/s1. The van der Waals surface area contributed by atoms with Crippen LogP contribution in [0.25, 0.3) is 0 Å². The molecule has 0 spiro atoms. The van der Waals surface area contributed by atoms with Crippen LogP contribution < -0.4 is 0 Å². The van der Waals surface area contributed by atoms with Crippen molar-refractivity contribution in [2.45, 2.75) is 115 Å². The number of ether oxygens (including phenoxy) is 1. The van der Waals surface area contributed by atoms with E-state index in [-0.39, 0.29) is 41.0 Å². The molecule has 0 bridgehead atoms. The summed E-state index contributed by atoms with van der Waals surface area (Å²) in [6, 6.07) is 0. The van der Waals surface area contributed by atoms with Gasteiger partial charge in [-0.1, -0.05) is 47.6 Å². The van der Waals surface area contributed by atoms with Gasteiger partial charge in [-0.2, -0.15) is 0 Å². The first-order valence-electron chi connectivity index (χ1n) is 11.1. The van der Waals surface area contributed by atoms with Crippen LogP contribution in [0.4, 0.5) is 0 Å². The van der Waals surface area contributed by atoms with Crippen LogP contribution in [-0.4, -0.2) is 52.6 Å². The molecule has 1 fully saturated rings. The average molecular weight is 459 g/mol. The molecule has 2 atom stereocenters. The molecule has 1 aliphatic rings. The third kappa shape index (κ3) is 6.06. The zero-order chi connectivity index (χ0) is 23.8. The van der Waals surface area contributed by atoms with Gasteiger partial charge in [0.1, 0.15) is 0 Å². The van der Waals surface area contributed by atoms with E-state index in [9.17, 15) is 9.90 Å². The van der Waals surface area contributed by atoms with Crippen LogP contribution in [0.1, 0.15) is 60.8 Å². The van der Waals surface area contributed by atoms with E-state index in [0.29, 0.717) is 0 Å².